The number of fused-ring (bicyclic) bond motifs is 1. The molecule has 1 heterocycles. The van der Waals surface area contributed by atoms with Crippen LogP contribution in [0.15, 0.2) is 65.6 Å². The number of hydrogen-bond donors (Lipinski definition) is 1. The standard InChI is InChI=1S/C26H28N2O3S/c1-18-7-9-19(10-8-18)17-28-13-14-32-24-12-11-20(15-22(24)28)26(29)27-16-21-5-4-6-23(30-2)25(21)31-3/h4-12,15H,13-14,16-17H2,1-3H3,(H,27,29). The Hall–Kier alpha value is -3.12. The average Bonchev–Trinajstić information content (AvgIpc) is 2.83. The van der Waals surface area contributed by atoms with Crippen LogP contribution in [0, 0.1) is 6.92 Å². The number of nitrogens with one attached hydrogen (secondary N) is 1. The largest absolute Gasteiger partial charge is 0.493 e. The number of methoxy groups -OCH3 is 2. The molecule has 0 spiro atoms. The maximum absolute atomic E-state index is 13.0. The van der Waals surface area contributed by atoms with Gasteiger partial charge in [-0.05, 0) is 36.8 Å². The Kier molecular flexibility index (Phi) is 6.90. The van der Waals surface area contributed by atoms with Gasteiger partial charge in [-0.15, -0.1) is 11.8 Å². The summed E-state index contributed by atoms with van der Waals surface area (Å²) in [6, 6.07) is 20.3. The third-order valence-corrected chi connectivity index (χ3v) is 6.64. The number of carbonyl (C=O) groups excluding carboxylic acids is 1. The van der Waals surface area contributed by atoms with Gasteiger partial charge in [-0.3, -0.25) is 4.79 Å². The van der Waals surface area contributed by atoms with Crippen molar-refractivity contribution in [1.29, 1.82) is 0 Å². The second kappa shape index (κ2) is 10.0. The van der Waals surface area contributed by atoms with Crippen LogP contribution in [0.5, 0.6) is 11.5 Å². The summed E-state index contributed by atoms with van der Waals surface area (Å²) in [7, 11) is 3.21. The minimum atomic E-state index is -0.108. The number of rotatable bonds is 7. The highest BCUT2D eigenvalue weighted by molar-refractivity contribution is 7.99. The van der Waals surface area contributed by atoms with E-state index in [9.17, 15) is 4.79 Å². The van der Waals surface area contributed by atoms with Gasteiger partial charge in [-0.25, -0.2) is 0 Å². The maximum atomic E-state index is 13.0. The second-order valence-corrected chi connectivity index (χ2v) is 8.91. The van der Waals surface area contributed by atoms with Crippen molar-refractivity contribution >= 4 is 23.4 Å². The van der Waals surface area contributed by atoms with Crippen LogP contribution in [-0.2, 0) is 13.1 Å². The third-order valence-electron chi connectivity index (χ3n) is 5.60. The number of benzene rings is 3. The third kappa shape index (κ3) is 4.86. The second-order valence-electron chi connectivity index (χ2n) is 7.77. The first-order valence-electron chi connectivity index (χ1n) is 10.6. The number of carbonyl (C=O) groups is 1. The van der Waals surface area contributed by atoms with E-state index in [1.165, 1.54) is 16.0 Å². The first kappa shape index (κ1) is 22.1. The Balaban J connectivity index is 1.50. The maximum Gasteiger partial charge on any atom is 0.251 e. The van der Waals surface area contributed by atoms with Gasteiger partial charge >= 0.3 is 0 Å². The lowest BCUT2D eigenvalue weighted by molar-refractivity contribution is 0.0950. The minimum absolute atomic E-state index is 0.108. The molecule has 4 rings (SSSR count). The molecule has 0 atom stereocenters. The Morgan fingerprint density at radius 3 is 2.62 bits per heavy atom. The van der Waals surface area contributed by atoms with Crippen LogP contribution < -0.4 is 19.7 Å². The molecule has 5 nitrogen and oxygen atoms in total. The molecule has 0 saturated heterocycles. The van der Waals surface area contributed by atoms with E-state index in [1.54, 1.807) is 14.2 Å². The molecule has 0 radical (unpaired) electrons. The quantitative estimate of drug-likeness (QED) is 0.548. The molecule has 6 heteroatoms. The summed E-state index contributed by atoms with van der Waals surface area (Å²) in [5, 5.41) is 3.02. The predicted octanol–water partition coefficient (Wildman–Crippen LogP) is 5.05. The van der Waals surface area contributed by atoms with Gasteiger partial charge in [0.25, 0.3) is 5.91 Å². The molecule has 0 unspecified atom stereocenters. The van der Waals surface area contributed by atoms with Crippen LogP contribution in [-0.4, -0.2) is 32.4 Å². The lowest BCUT2D eigenvalue weighted by atomic mass is 10.1. The molecule has 1 aliphatic rings. The van der Waals surface area contributed by atoms with Crippen molar-refractivity contribution in [2.24, 2.45) is 0 Å². The SMILES string of the molecule is COc1cccc(CNC(=O)c2ccc3c(c2)N(Cc2ccc(C)cc2)CCS3)c1OC. The van der Waals surface area contributed by atoms with Crippen molar-refractivity contribution in [3.05, 3.63) is 82.9 Å². The highest BCUT2D eigenvalue weighted by atomic mass is 32.2. The fraction of sp³-hybridized carbons (Fsp3) is 0.269. The van der Waals surface area contributed by atoms with Crippen molar-refractivity contribution in [2.45, 2.75) is 24.9 Å². The smallest absolute Gasteiger partial charge is 0.251 e. The molecular formula is C26H28N2O3S. The van der Waals surface area contributed by atoms with E-state index < -0.39 is 0 Å². The van der Waals surface area contributed by atoms with Gasteiger partial charge < -0.3 is 19.7 Å². The van der Waals surface area contributed by atoms with Crippen LogP contribution in [0.3, 0.4) is 0 Å². The topological polar surface area (TPSA) is 50.8 Å². The zero-order chi connectivity index (χ0) is 22.5. The normalized spacial score (nSPS) is 12.8. The molecule has 0 bridgehead atoms. The van der Waals surface area contributed by atoms with Crippen molar-refractivity contribution in [2.75, 3.05) is 31.4 Å². The molecule has 0 saturated carbocycles. The van der Waals surface area contributed by atoms with Crippen LogP contribution in [0.2, 0.25) is 0 Å². The lowest BCUT2D eigenvalue weighted by Gasteiger charge is -2.31. The van der Waals surface area contributed by atoms with Gasteiger partial charge in [0.15, 0.2) is 11.5 Å². The van der Waals surface area contributed by atoms with Gasteiger partial charge in [0.05, 0.1) is 19.9 Å². The highest BCUT2D eigenvalue weighted by Crippen LogP contribution is 2.36. The number of para-hydroxylation sites is 1. The highest BCUT2D eigenvalue weighted by Gasteiger charge is 2.20. The van der Waals surface area contributed by atoms with Gasteiger partial charge in [0, 0.05) is 41.4 Å². The van der Waals surface area contributed by atoms with E-state index in [0.29, 0.717) is 23.6 Å². The van der Waals surface area contributed by atoms with Gasteiger partial charge in [0.2, 0.25) is 0 Å². The van der Waals surface area contributed by atoms with E-state index >= 15 is 0 Å². The summed E-state index contributed by atoms with van der Waals surface area (Å²) in [4.78, 5) is 16.5. The van der Waals surface area contributed by atoms with Gasteiger partial charge in [-0.2, -0.15) is 0 Å². The van der Waals surface area contributed by atoms with Crippen molar-refractivity contribution < 1.29 is 14.3 Å². The van der Waals surface area contributed by atoms with Crippen molar-refractivity contribution in [3.8, 4) is 11.5 Å². The fourth-order valence-electron chi connectivity index (χ4n) is 3.86. The Morgan fingerprint density at radius 1 is 1.06 bits per heavy atom. The monoisotopic (exact) mass is 448 g/mol. The van der Waals surface area contributed by atoms with E-state index in [-0.39, 0.29) is 5.91 Å². The van der Waals surface area contributed by atoms with Crippen LogP contribution in [0.25, 0.3) is 0 Å². The molecule has 0 fully saturated rings. The number of thioether (sulfide) groups is 1. The van der Waals surface area contributed by atoms with Crippen molar-refractivity contribution in [1.82, 2.24) is 5.32 Å². The summed E-state index contributed by atoms with van der Waals surface area (Å²) in [5.74, 6) is 2.22. The van der Waals surface area contributed by atoms with E-state index in [1.807, 2.05) is 42.1 Å². The van der Waals surface area contributed by atoms with Crippen LogP contribution in [0.4, 0.5) is 5.69 Å². The zero-order valence-electron chi connectivity index (χ0n) is 18.7. The lowest BCUT2D eigenvalue weighted by Crippen LogP contribution is -2.29. The van der Waals surface area contributed by atoms with Crippen LogP contribution >= 0.6 is 11.8 Å². The number of aryl methyl sites for hydroxylation is 1. The Labute approximate surface area is 193 Å². The molecule has 1 amide bonds. The number of nitrogens with zero attached hydrogens (tertiary/aromatic N) is 1. The average molecular weight is 449 g/mol. The molecule has 166 valence electrons. The number of ether oxygens (including phenoxy) is 2. The molecule has 0 aromatic heterocycles. The summed E-state index contributed by atoms with van der Waals surface area (Å²) in [5.41, 5.74) is 5.17. The molecule has 32 heavy (non-hydrogen) atoms. The summed E-state index contributed by atoms with van der Waals surface area (Å²) < 4.78 is 10.8. The number of amides is 1. The van der Waals surface area contributed by atoms with E-state index in [4.69, 9.17) is 9.47 Å². The fourth-order valence-corrected chi connectivity index (χ4v) is 4.89. The Bertz CT molecular complexity index is 1100. The first-order chi connectivity index (χ1) is 15.6. The summed E-state index contributed by atoms with van der Waals surface area (Å²) >= 11 is 1.84. The van der Waals surface area contributed by atoms with E-state index in [2.05, 4.69) is 47.5 Å². The van der Waals surface area contributed by atoms with Crippen molar-refractivity contribution in [3.63, 3.8) is 0 Å². The van der Waals surface area contributed by atoms with Crippen LogP contribution in [0.1, 0.15) is 27.0 Å². The molecule has 0 aliphatic carbocycles. The summed E-state index contributed by atoms with van der Waals surface area (Å²) in [6.07, 6.45) is 0. The van der Waals surface area contributed by atoms with Gasteiger partial charge in [-0.1, -0.05) is 42.0 Å². The number of anilines is 1. The molecular weight excluding hydrogens is 420 g/mol. The zero-order valence-corrected chi connectivity index (χ0v) is 19.5. The van der Waals surface area contributed by atoms with Gasteiger partial charge in [0.1, 0.15) is 0 Å². The molecule has 1 N–H and O–H groups in total. The Morgan fingerprint density at radius 2 is 1.88 bits per heavy atom. The van der Waals surface area contributed by atoms with E-state index in [0.717, 1.165) is 30.1 Å². The summed E-state index contributed by atoms with van der Waals surface area (Å²) in [6.45, 7) is 4.25. The molecule has 1 aliphatic heterocycles. The molecule has 3 aromatic carbocycles. The number of hydrogen-bond acceptors (Lipinski definition) is 5. The predicted molar refractivity (Wildman–Crippen MR) is 130 cm³/mol. The molecule has 3 aromatic rings. The first-order valence-corrected chi connectivity index (χ1v) is 11.6. The minimum Gasteiger partial charge on any atom is -0.493 e.